The van der Waals surface area contributed by atoms with E-state index in [9.17, 15) is 9.59 Å². The summed E-state index contributed by atoms with van der Waals surface area (Å²) >= 11 is 0. The Morgan fingerprint density at radius 1 is 1.22 bits per heavy atom. The Morgan fingerprint density at radius 3 is 2.84 bits per heavy atom. The number of anilines is 2. The van der Waals surface area contributed by atoms with Crippen LogP contribution in [0.25, 0.3) is 0 Å². The second-order valence-electron chi connectivity index (χ2n) is 8.13. The Labute approximate surface area is 184 Å². The average molecular weight is 435 g/mol. The van der Waals surface area contributed by atoms with Crippen LogP contribution in [0.15, 0.2) is 47.1 Å². The summed E-state index contributed by atoms with van der Waals surface area (Å²) < 4.78 is 6.75. The van der Waals surface area contributed by atoms with Crippen molar-refractivity contribution >= 4 is 23.3 Å². The topological polar surface area (TPSA) is 116 Å². The normalized spacial score (nSPS) is 22.5. The van der Waals surface area contributed by atoms with E-state index in [0.717, 1.165) is 11.3 Å². The van der Waals surface area contributed by atoms with Crippen molar-refractivity contribution in [2.24, 2.45) is 5.92 Å². The number of hydrazine groups is 1. The fourth-order valence-corrected chi connectivity index (χ4v) is 4.21. The van der Waals surface area contributed by atoms with Crippen LogP contribution < -0.4 is 26.4 Å². The number of fused-ring (bicyclic) bond motifs is 1. The van der Waals surface area contributed by atoms with Gasteiger partial charge in [0, 0.05) is 12.6 Å². The van der Waals surface area contributed by atoms with Crippen molar-refractivity contribution < 1.29 is 14.0 Å². The van der Waals surface area contributed by atoms with Crippen molar-refractivity contribution in [2.45, 2.75) is 33.2 Å². The standard InChI is InChI=1S/C22H25N7O3/c1-12-6-4-7-16(14(12)3)28-19-15(11-23-28)20(30)26-22(25-19)29-18(10-13(2)27-29)24-21(31)17-8-5-9-32-17/h4-10,15,19,22-23,25H,11H2,1-3H3,(H,24,31)(H,26,30). The molecular formula is C22H25N7O3. The van der Waals surface area contributed by atoms with Crippen LogP contribution in [-0.2, 0) is 4.79 Å². The molecule has 3 unspecified atom stereocenters. The van der Waals surface area contributed by atoms with Crippen molar-refractivity contribution in [2.75, 3.05) is 16.9 Å². The maximum absolute atomic E-state index is 13.0. The zero-order valence-electron chi connectivity index (χ0n) is 18.0. The number of rotatable bonds is 4. The molecule has 10 nitrogen and oxygen atoms in total. The lowest BCUT2D eigenvalue weighted by Gasteiger charge is -2.38. The van der Waals surface area contributed by atoms with Crippen LogP contribution in [0, 0.1) is 26.7 Å². The van der Waals surface area contributed by atoms with E-state index in [0.29, 0.717) is 18.1 Å². The molecule has 0 radical (unpaired) electrons. The van der Waals surface area contributed by atoms with Crippen molar-refractivity contribution in [3.8, 4) is 0 Å². The fraction of sp³-hybridized carbons (Fsp3) is 0.318. The van der Waals surface area contributed by atoms with Crippen molar-refractivity contribution in [3.05, 3.63) is 65.2 Å². The summed E-state index contributed by atoms with van der Waals surface area (Å²) in [6.45, 7) is 6.48. The Kier molecular flexibility index (Phi) is 4.95. The molecule has 2 aromatic heterocycles. The van der Waals surface area contributed by atoms with Crippen LogP contribution >= 0.6 is 0 Å². The number of carbonyl (C=O) groups is 2. The molecule has 1 aromatic carbocycles. The highest BCUT2D eigenvalue weighted by Gasteiger charge is 2.45. The zero-order chi connectivity index (χ0) is 22.4. The van der Waals surface area contributed by atoms with Crippen LogP contribution in [0.3, 0.4) is 0 Å². The van der Waals surface area contributed by atoms with E-state index in [-0.39, 0.29) is 23.8 Å². The highest BCUT2D eigenvalue weighted by molar-refractivity contribution is 6.01. The van der Waals surface area contributed by atoms with Gasteiger partial charge in [0.05, 0.1) is 23.6 Å². The summed E-state index contributed by atoms with van der Waals surface area (Å²) in [5.74, 6) is -0.114. The first-order valence-corrected chi connectivity index (χ1v) is 10.5. The molecule has 0 bridgehead atoms. The Balaban J connectivity index is 1.43. The van der Waals surface area contributed by atoms with Gasteiger partial charge in [0.15, 0.2) is 12.0 Å². The van der Waals surface area contributed by atoms with Gasteiger partial charge >= 0.3 is 0 Å². The molecule has 166 valence electrons. The van der Waals surface area contributed by atoms with Gasteiger partial charge in [-0.25, -0.2) is 10.1 Å². The molecule has 0 spiro atoms. The molecule has 3 aromatic rings. The third-order valence-corrected chi connectivity index (χ3v) is 6.01. The molecule has 4 heterocycles. The van der Waals surface area contributed by atoms with Crippen LogP contribution in [0.1, 0.15) is 33.7 Å². The van der Waals surface area contributed by atoms with E-state index < -0.39 is 12.2 Å². The summed E-state index contributed by atoms with van der Waals surface area (Å²) in [6, 6.07) is 11.1. The maximum Gasteiger partial charge on any atom is 0.292 e. The van der Waals surface area contributed by atoms with Crippen LogP contribution in [0.4, 0.5) is 11.5 Å². The Bertz CT molecular complexity index is 1170. The average Bonchev–Trinajstić information content (AvgIpc) is 3.50. The number of hydrogen-bond donors (Lipinski definition) is 4. The number of benzene rings is 1. The summed E-state index contributed by atoms with van der Waals surface area (Å²) in [7, 11) is 0. The number of nitrogens with zero attached hydrogens (tertiary/aromatic N) is 3. The molecule has 10 heteroatoms. The first-order chi connectivity index (χ1) is 15.4. The number of carbonyl (C=O) groups excluding carboxylic acids is 2. The first kappa shape index (κ1) is 20.3. The van der Waals surface area contributed by atoms with E-state index in [1.54, 1.807) is 22.9 Å². The monoisotopic (exact) mass is 435 g/mol. The predicted molar refractivity (Wildman–Crippen MR) is 118 cm³/mol. The van der Waals surface area contributed by atoms with E-state index >= 15 is 0 Å². The van der Waals surface area contributed by atoms with Gasteiger partial charge in [-0.15, -0.1) is 0 Å². The second kappa shape index (κ2) is 7.81. The van der Waals surface area contributed by atoms with Crippen molar-refractivity contribution in [1.29, 1.82) is 0 Å². The molecule has 0 aliphatic carbocycles. The fourth-order valence-electron chi connectivity index (χ4n) is 4.21. The predicted octanol–water partition coefficient (Wildman–Crippen LogP) is 1.80. The molecule has 2 aliphatic heterocycles. The lowest BCUT2D eigenvalue weighted by Crippen LogP contribution is -2.62. The van der Waals surface area contributed by atoms with Gasteiger partial charge in [0.1, 0.15) is 12.0 Å². The molecule has 2 fully saturated rings. The van der Waals surface area contributed by atoms with Crippen LogP contribution in [0.2, 0.25) is 0 Å². The molecule has 2 saturated heterocycles. The molecule has 3 atom stereocenters. The molecule has 5 rings (SSSR count). The van der Waals surface area contributed by atoms with Gasteiger partial charge in [0.2, 0.25) is 5.91 Å². The lowest BCUT2D eigenvalue weighted by molar-refractivity contribution is -0.129. The van der Waals surface area contributed by atoms with E-state index in [1.807, 2.05) is 24.1 Å². The minimum absolute atomic E-state index is 0.0875. The molecule has 2 amide bonds. The van der Waals surface area contributed by atoms with Gasteiger partial charge in [0.25, 0.3) is 5.91 Å². The molecule has 2 aliphatic rings. The number of nitrogens with one attached hydrogen (secondary N) is 4. The Morgan fingerprint density at radius 2 is 2.06 bits per heavy atom. The highest BCUT2D eigenvalue weighted by atomic mass is 16.3. The minimum Gasteiger partial charge on any atom is -0.459 e. The second-order valence-corrected chi connectivity index (χ2v) is 8.13. The maximum atomic E-state index is 13.0. The SMILES string of the molecule is Cc1cc(NC(=O)c2ccco2)n(C2NC(=O)C3CNN(c4cccc(C)c4C)C3N2)n1. The summed E-state index contributed by atoms with van der Waals surface area (Å²) in [4.78, 5) is 25.5. The lowest BCUT2D eigenvalue weighted by atomic mass is 10.0. The quantitative estimate of drug-likeness (QED) is 0.494. The summed E-state index contributed by atoms with van der Waals surface area (Å²) in [6.07, 6.45) is 0.513. The summed E-state index contributed by atoms with van der Waals surface area (Å²) in [5.41, 5.74) is 7.39. The number of furan rings is 1. The van der Waals surface area contributed by atoms with Gasteiger partial charge in [-0.1, -0.05) is 12.1 Å². The van der Waals surface area contributed by atoms with Crippen LogP contribution in [-0.4, -0.2) is 34.3 Å². The zero-order valence-corrected chi connectivity index (χ0v) is 18.0. The first-order valence-electron chi connectivity index (χ1n) is 10.5. The summed E-state index contributed by atoms with van der Waals surface area (Å²) in [5, 5.41) is 15.8. The highest BCUT2D eigenvalue weighted by Crippen LogP contribution is 2.31. The van der Waals surface area contributed by atoms with Crippen molar-refractivity contribution in [3.63, 3.8) is 0 Å². The van der Waals surface area contributed by atoms with E-state index in [4.69, 9.17) is 4.42 Å². The van der Waals surface area contributed by atoms with Crippen molar-refractivity contribution in [1.82, 2.24) is 25.8 Å². The third kappa shape index (κ3) is 3.43. The van der Waals surface area contributed by atoms with Crippen LogP contribution in [0.5, 0.6) is 0 Å². The van der Waals surface area contributed by atoms with E-state index in [2.05, 4.69) is 46.4 Å². The molecule has 4 N–H and O–H groups in total. The van der Waals surface area contributed by atoms with Gasteiger partial charge < -0.3 is 15.1 Å². The third-order valence-electron chi connectivity index (χ3n) is 6.01. The Hall–Kier alpha value is -3.63. The minimum atomic E-state index is -0.642. The smallest absolute Gasteiger partial charge is 0.292 e. The number of amides is 2. The largest absolute Gasteiger partial charge is 0.459 e. The number of aromatic nitrogens is 2. The molecule has 0 saturated carbocycles. The van der Waals surface area contributed by atoms with Gasteiger partial charge in [-0.05, 0) is 50.1 Å². The van der Waals surface area contributed by atoms with E-state index in [1.165, 1.54) is 11.8 Å². The van der Waals surface area contributed by atoms with Gasteiger partial charge in [-0.2, -0.15) is 5.10 Å². The molecule has 32 heavy (non-hydrogen) atoms. The number of aryl methyl sites for hydroxylation is 2. The van der Waals surface area contributed by atoms with Gasteiger partial charge in [-0.3, -0.25) is 19.9 Å². The number of hydrogen-bond acceptors (Lipinski definition) is 7. The molecular weight excluding hydrogens is 410 g/mol.